The molecule has 1 N–H and O–H groups in total. The largest absolute Gasteiger partial charge is 0.481 e. The van der Waals surface area contributed by atoms with Gasteiger partial charge in [-0.2, -0.15) is 0 Å². The first-order valence-corrected chi connectivity index (χ1v) is 7.53. The number of carboxylic acid groups (broad SMARTS) is 1. The second kappa shape index (κ2) is 6.24. The summed E-state index contributed by atoms with van der Waals surface area (Å²) in [6, 6.07) is 4.79. The van der Waals surface area contributed by atoms with Crippen molar-refractivity contribution >= 4 is 43.7 Å². The van der Waals surface area contributed by atoms with Crippen LogP contribution in [0.4, 0.5) is 0 Å². The second-order valence-electron chi connectivity index (χ2n) is 4.59. The number of halogens is 2. The number of aliphatic carboxylic acids is 1. The van der Waals surface area contributed by atoms with Gasteiger partial charge in [-0.1, -0.05) is 15.9 Å². The van der Waals surface area contributed by atoms with E-state index in [1.54, 1.807) is 25.2 Å². The van der Waals surface area contributed by atoms with E-state index in [0.29, 0.717) is 10.0 Å². The first-order chi connectivity index (χ1) is 9.41. The normalized spacial score (nSPS) is 21.8. The number of nitrogens with zero attached hydrogens (tertiary/aromatic N) is 1. The highest BCUT2D eigenvalue weighted by Crippen LogP contribution is 2.26. The Morgan fingerprint density at radius 2 is 2.05 bits per heavy atom. The van der Waals surface area contributed by atoms with Crippen molar-refractivity contribution in [3.8, 4) is 0 Å². The third-order valence-electron chi connectivity index (χ3n) is 3.35. The van der Waals surface area contributed by atoms with Crippen molar-refractivity contribution in [1.29, 1.82) is 0 Å². The van der Waals surface area contributed by atoms with Gasteiger partial charge in [-0.15, -0.1) is 0 Å². The van der Waals surface area contributed by atoms with Gasteiger partial charge in [-0.05, 0) is 34.1 Å². The Hall–Kier alpha value is -0.920. The Balaban J connectivity index is 2.22. The van der Waals surface area contributed by atoms with E-state index in [1.807, 2.05) is 0 Å². The highest BCUT2D eigenvalue weighted by molar-refractivity contribution is 9.11. The molecule has 1 aromatic rings. The molecule has 2 rings (SSSR count). The standard InChI is InChI=1S/C13H13Br2NO4/c1-16(11-6-20-5-9(11)13(18)19)12(17)8-3-2-7(14)4-10(8)15/h2-4,9,11H,5-6H2,1H3,(H,18,19). The molecule has 0 saturated carbocycles. The van der Waals surface area contributed by atoms with E-state index >= 15 is 0 Å². The molecule has 0 spiro atoms. The minimum atomic E-state index is -0.943. The van der Waals surface area contributed by atoms with Gasteiger partial charge in [0.2, 0.25) is 0 Å². The predicted molar refractivity (Wildman–Crippen MR) is 79.7 cm³/mol. The number of carboxylic acids is 1. The van der Waals surface area contributed by atoms with Crippen LogP contribution in [0.15, 0.2) is 27.1 Å². The molecule has 1 heterocycles. The van der Waals surface area contributed by atoms with E-state index in [2.05, 4.69) is 31.9 Å². The van der Waals surface area contributed by atoms with Gasteiger partial charge in [0.1, 0.15) is 5.92 Å². The lowest BCUT2D eigenvalue weighted by atomic mass is 10.0. The van der Waals surface area contributed by atoms with Gasteiger partial charge in [0.25, 0.3) is 5.91 Å². The third kappa shape index (κ3) is 3.05. The minimum absolute atomic E-state index is 0.138. The zero-order chi connectivity index (χ0) is 14.9. The lowest BCUT2D eigenvalue weighted by Gasteiger charge is -2.26. The summed E-state index contributed by atoms with van der Waals surface area (Å²) in [5.74, 6) is -1.86. The Morgan fingerprint density at radius 1 is 1.35 bits per heavy atom. The van der Waals surface area contributed by atoms with Gasteiger partial charge in [0.05, 0.1) is 24.8 Å². The Kier molecular flexibility index (Phi) is 4.82. The topological polar surface area (TPSA) is 66.8 Å². The lowest BCUT2D eigenvalue weighted by molar-refractivity contribution is -0.142. The average molecular weight is 407 g/mol. The molecule has 2 atom stereocenters. The van der Waals surface area contributed by atoms with Gasteiger partial charge in [0, 0.05) is 16.0 Å². The number of likely N-dealkylation sites (N-methyl/N-ethyl adjacent to an activating group) is 1. The van der Waals surface area contributed by atoms with Crippen LogP contribution in [-0.2, 0) is 9.53 Å². The van der Waals surface area contributed by atoms with Crippen LogP contribution in [0.3, 0.4) is 0 Å². The maximum Gasteiger partial charge on any atom is 0.311 e. The smallest absolute Gasteiger partial charge is 0.311 e. The van der Waals surface area contributed by atoms with Crippen molar-refractivity contribution in [2.24, 2.45) is 5.92 Å². The van der Waals surface area contributed by atoms with Crippen LogP contribution in [0.5, 0.6) is 0 Å². The molecule has 20 heavy (non-hydrogen) atoms. The number of ether oxygens (including phenoxy) is 1. The molecule has 7 heteroatoms. The number of carbonyl (C=O) groups is 2. The van der Waals surface area contributed by atoms with E-state index in [9.17, 15) is 9.59 Å². The van der Waals surface area contributed by atoms with E-state index in [0.717, 1.165) is 4.47 Å². The number of benzene rings is 1. The van der Waals surface area contributed by atoms with Crippen LogP contribution in [-0.4, -0.2) is 48.2 Å². The first kappa shape index (κ1) is 15.5. The van der Waals surface area contributed by atoms with Crippen LogP contribution in [0.25, 0.3) is 0 Å². The number of carbonyl (C=O) groups excluding carboxylic acids is 1. The average Bonchev–Trinajstić information content (AvgIpc) is 2.86. The van der Waals surface area contributed by atoms with Crippen molar-refractivity contribution in [2.45, 2.75) is 6.04 Å². The second-order valence-corrected chi connectivity index (χ2v) is 6.36. The van der Waals surface area contributed by atoms with E-state index in [4.69, 9.17) is 9.84 Å². The molecule has 1 aliphatic rings. The van der Waals surface area contributed by atoms with Gasteiger partial charge >= 0.3 is 5.97 Å². The summed E-state index contributed by atoms with van der Waals surface area (Å²) in [5, 5.41) is 9.14. The number of hydrogen-bond donors (Lipinski definition) is 1. The molecule has 1 aliphatic heterocycles. The Labute approximate surface area is 133 Å². The summed E-state index contributed by atoms with van der Waals surface area (Å²) in [7, 11) is 1.60. The number of hydrogen-bond acceptors (Lipinski definition) is 3. The first-order valence-electron chi connectivity index (χ1n) is 5.94. The molecule has 1 amide bonds. The SMILES string of the molecule is CN(C(=O)c1ccc(Br)cc1Br)C1COCC1C(=O)O. The van der Waals surface area contributed by atoms with Crippen molar-refractivity contribution in [1.82, 2.24) is 4.90 Å². The Bertz CT molecular complexity index is 549. The Morgan fingerprint density at radius 3 is 2.65 bits per heavy atom. The summed E-state index contributed by atoms with van der Waals surface area (Å²) in [5.41, 5.74) is 0.492. The molecule has 108 valence electrons. The maximum atomic E-state index is 12.5. The summed E-state index contributed by atoms with van der Waals surface area (Å²) < 4.78 is 6.71. The molecule has 2 unspecified atom stereocenters. The molecular weight excluding hydrogens is 394 g/mol. The monoisotopic (exact) mass is 405 g/mol. The van der Waals surface area contributed by atoms with E-state index in [1.165, 1.54) is 4.90 Å². The minimum Gasteiger partial charge on any atom is -0.481 e. The highest BCUT2D eigenvalue weighted by atomic mass is 79.9. The fraction of sp³-hybridized carbons (Fsp3) is 0.385. The van der Waals surface area contributed by atoms with Crippen molar-refractivity contribution in [2.75, 3.05) is 20.3 Å². The molecule has 0 bridgehead atoms. The molecule has 0 radical (unpaired) electrons. The lowest BCUT2D eigenvalue weighted by Crippen LogP contribution is -2.44. The van der Waals surface area contributed by atoms with E-state index < -0.39 is 17.9 Å². The molecule has 1 aromatic carbocycles. The zero-order valence-electron chi connectivity index (χ0n) is 10.7. The fourth-order valence-corrected chi connectivity index (χ4v) is 3.38. The maximum absolute atomic E-state index is 12.5. The van der Waals surface area contributed by atoms with E-state index in [-0.39, 0.29) is 19.1 Å². The van der Waals surface area contributed by atoms with Gasteiger partial charge in [-0.25, -0.2) is 0 Å². The van der Waals surface area contributed by atoms with Crippen LogP contribution in [0, 0.1) is 5.92 Å². The molecule has 0 aliphatic carbocycles. The number of rotatable bonds is 3. The summed E-state index contributed by atoms with van der Waals surface area (Å²) in [4.78, 5) is 25.1. The van der Waals surface area contributed by atoms with Crippen LogP contribution >= 0.6 is 31.9 Å². The molecular formula is C13H13Br2NO4. The summed E-state index contributed by atoms with van der Waals surface area (Å²) >= 11 is 6.67. The van der Waals surface area contributed by atoms with Crippen molar-refractivity contribution in [3.05, 3.63) is 32.7 Å². The van der Waals surface area contributed by atoms with Gasteiger partial charge < -0.3 is 14.7 Å². The van der Waals surface area contributed by atoms with Gasteiger partial charge in [-0.3, -0.25) is 9.59 Å². The molecule has 5 nitrogen and oxygen atoms in total. The molecule has 1 saturated heterocycles. The van der Waals surface area contributed by atoms with Crippen LogP contribution < -0.4 is 0 Å². The predicted octanol–water partition coefficient (Wildman–Crippen LogP) is 2.38. The highest BCUT2D eigenvalue weighted by Gasteiger charge is 2.38. The van der Waals surface area contributed by atoms with Crippen molar-refractivity contribution < 1.29 is 19.4 Å². The quantitative estimate of drug-likeness (QED) is 0.836. The summed E-state index contributed by atoms with van der Waals surface area (Å²) in [6.07, 6.45) is 0. The zero-order valence-corrected chi connectivity index (χ0v) is 13.8. The number of amides is 1. The third-order valence-corrected chi connectivity index (χ3v) is 4.50. The molecule has 0 aromatic heterocycles. The van der Waals surface area contributed by atoms with Crippen molar-refractivity contribution in [3.63, 3.8) is 0 Å². The summed E-state index contributed by atoms with van der Waals surface area (Å²) in [6.45, 7) is 0.381. The molecule has 1 fully saturated rings. The van der Waals surface area contributed by atoms with Crippen LogP contribution in [0.1, 0.15) is 10.4 Å². The fourth-order valence-electron chi connectivity index (χ4n) is 2.16. The van der Waals surface area contributed by atoms with Crippen LogP contribution in [0.2, 0.25) is 0 Å². The van der Waals surface area contributed by atoms with Gasteiger partial charge in [0.15, 0.2) is 0 Å².